The standard InChI is InChI=1S/C13H23NO2/c1-2-3-7-10-14-12(15)11-13(16)8-5-4-6-9-13/h2-3,16H,4-11H2,1H3,(H,14,15)/b3-2+. The molecule has 1 saturated carbocycles. The molecule has 1 amide bonds. The average Bonchev–Trinajstić information content (AvgIpc) is 2.25. The van der Waals surface area contributed by atoms with E-state index in [1.807, 2.05) is 19.1 Å². The lowest BCUT2D eigenvalue weighted by Crippen LogP contribution is -2.38. The van der Waals surface area contributed by atoms with Gasteiger partial charge in [0.05, 0.1) is 12.0 Å². The number of hydrogen-bond acceptors (Lipinski definition) is 2. The molecule has 1 aliphatic rings. The van der Waals surface area contributed by atoms with Crippen LogP contribution in [0.25, 0.3) is 0 Å². The van der Waals surface area contributed by atoms with Gasteiger partial charge in [-0.1, -0.05) is 31.4 Å². The van der Waals surface area contributed by atoms with E-state index in [9.17, 15) is 9.90 Å². The maximum Gasteiger partial charge on any atom is 0.222 e. The number of carbonyl (C=O) groups excluding carboxylic acids is 1. The lowest BCUT2D eigenvalue weighted by Gasteiger charge is -2.31. The highest BCUT2D eigenvalue weighted by atomic mass is 16.3. The zero-order valence-corrected chi connectivity index (χ0v) is 10.2. The van der Waals surface area contributed by atoms with Crippen LogP contribution in [0.1, 0.15) is 51.9 Å². The molecule has 1 rings (SSSR count). The second-order valence-electron chi connectivity index (χ2n) is 4.67. The average molecular weight is 225 g/mol. The zero-order chi connectivity index (χ0) is 11.9. The predicted octanol–water partition coefficient (Wildman–Crippen LogP) is 2.15. The van der Waals surface area contributed by atoms with Crippen molar-refractivity contribution in [3.05, 3.63) is 12.2 Å². The highest BCUT2D eigenvalue weighted by Gasteiger charge is 2.31. The SMILES string of the molecule is C/C=C/CCNC(=O)CC1(O)CCCCC1. The van der Waals surface area contributed by atoms with Gasteiger partial charge in [-0.2, -0.15) is 0 Å². The Kier molecular flexibility index (Phi) is 5.53. The van der Waals surface area contributed by atoms with Crippen molar-refractivity contribution in [1.82, 2.24) is 5.32 Å². The van der Waals surface area contributed by atoms with Gasteiger partial charge in [0, 0.05) is 6.54 Å². The quantitative estimate of drug-likeness (QED) is 0.556. The van der Waals surface area contributed by atoms with Crippen molar-refractivity contribution in [3.8, 4) is 0 Å². The molecule has 0 aliphatic heterocycles. The summed E-state index contributed by atoms with van der Waals surface area (Å²) < 4.78 is 0. The molecule has 92 valence electrons. The highest BCUT2D eigenvalue weighted by Crippen LogP contribution is 2.30. The highest BCUT2D eigenvalue weighted by molar-refractivity contribution is 5.77. The maximum absolute atomic E-state index is 11.6. The minimum atomic E-state index is -0.733. The number of amides is 1. The molecule has 0 aromatic carbocycles. The molecule has 1 fully saturated rings. The summed E-state index contributed by atoms with van der Waals surface area (Å²) in [4.78, 5) is 11.6. The van der Waals surface area contributed by atoms with Crippen LogP contribution in [0.5, 0.6) is 0 Å². The molecule has 0 aromatic heterocycles. The molecule has 0 radical (unpaired) electrons. The summed E-state index contributed by atoms with van der Waals surface area (Å²) in [6.07, 6.45) is 9.94. The second kappa shape index (κ2) is 6.69. The van der Waals surface area contributed by atoms with E-state index in [1.54, 1.807) is 0 Å². The van der Waals surface area contributed by atoms with Crippen LogP contribution < -0.4 is 5.32 Å². The molecule has 0 atom stereocenters. The van der Waals surface area contributed by atoms with E-state index in [0.717, 1.165) is 32.1 Å². The van der Waals surface area contributed by atoms with Crippen LogP contribution >= 0.6 is 0 Å². The molecular weight excluding hydrogens is 202 g/mol. The topological polar surface area (TPSA) is 49.3 Å². The number of rotatable bonds is 5. The first-order chi connectivity index (χ1) is 7.66. The molecule has 0 saturated heterocycles. The molecule has 0 aromatic rings. The predicted molar refractivity (Wildman–Crippen MR) is 65.1 cm³/mol. The summed E-state index contributed by atoms with van der Waals surface area (Å²) in [5.74, 6) is -0.0195. The third kappa shape index (κ3) is 4.79. The van der Waals surface area contributed by atoms with Gasteiger partial charge in [-0.25, -0.2) is 0 Å². The van der Waals surface area contributed by atoms with Gasteiger partial charge in [-0.3, -0.25) is 4.79 Å². The van der Waals surface area contributed by atoms with E-state index in [4.69, 9.17) is 0 Å². The maximum atomic E-state index is 11.6. The first-order valence-electron chi connectivity index (χ1n) is 6.26. The Morgan fingerprint density at radius 2 is 2.06 bits per heavy atom. The summed E-state index contributed by atoms with van der Waals surface area (Å²) in [6, 6.07) is 0. The fourth-order valence-corrected chi connectivity index (χ4v) is 2.21. The van der Waals surface area contributed by atoms with E-state index in [0.29, 0.717) is 6.54 Å². The van der Waals surface area contributed by atoms with Gasteiger partial charge in [0.25, 0.3) is 0 Å². The van der Waals surface area contributed by atoms with E-state index >= 15 is 0 Å². The van der Waals surface area contributed by atoms with Crippen LogP contribution in [0.3, 0.4) is 0 Å². The van der Waals surface area contributed by atoms with Crippen LogP contribution in [0.15, 0.2) is 12.2 Å². The molecule has 2 N–H and O–H groups in total. The third-order valence-corrected chi connectivity index (χ3v) is 3.14. The number of nitrogens with one attached hydrogen (secondary N) is 1. The van der Waals surface area contributed by atoms with Crippen molar-refractivity contribution in [2.75, 3.05) is 6.54 Å². The van der Waals surface area contributed by atoms with E-state index in [2.05, 4.69) is 5.32 Å². The molecule has 3 heteroatoms. The zero-order valence-electron chi connectivity index (χ0n) is 10.2. The Morgan fingerprint density at radius 1 is 1.38 bits per heavy atom. The van der Waals surface area contributed by atoms with Crippen LogP contribution in [-0.2, 0) is 4.79 Å². The van der Waals surface area contributed by atoms with E-state index in [-0.39, 0.29) is 12.3 Å². The summed E-state index contributed by atoms with van der Waals surface area (Å²) in [7, 11) is 0. The Bertz CT molecular complexity index is 242. The monoisotopic (exact) mass is 225 g/mol. The Hall–Kier alpha value is -0.830. The summed E-state index contributed by atoms with van der Waals surface area (Å²) in [5.41, 5.74) is -0.733. The fraction of sp³-hybridized carbons (Fsp3) is 0.769. The van der Waals surface area contributed by atoms with Gasteiger partial charge >= 0.3 is 0 Å². The summed E-state index contributed by atoms with van der Waals surface area (Å²) in [6.45, 7) is 2.63. The molecule has 0 unspecified atom stereocenters. The largest absolute Gasteiger partial charge is 0.389 e. The van der Waals surface area contributed by atoms with Gasteiger partial charge in [0.1, 0.15) is 0 Å². The van der Waals surface area contributed by atoms with Crippen molar-refractivity contribution in [2.24, 2.45) is 0 Å². The Labute approximate surface area is 97.9 Å². The second-order valence-corrected chi connectivity index (χ2v) is 4.67. The number of carbonyl (C=O) groups is 1. The minimum absolute atomic E-state index is 0.0195. The molecule has 0 heterocycles. The first-order valence-corrected chi connectivity index (χ1v) is 6.26. The smallest absolute Gasteiger partial charge is 0.222 e. The van der Waals surface area contributed by atoms with Gasteiger partial charge in [0.15, 0.2) is 0 Å². The molecule has 0 spiro atoms. The van der Waals surface area contributed by atoms with Gasteiger partial charge < -0.3 is 10.4 Å². The molecule has 1 aliphatic carbocycles. The first kappa shape index (κ1) is 13.2. The molecule has 3 nitrogen and oxygen atoms in total. The van der Waals surface area contributed by atoms with Gasteiger partial charge in [-0.05, 0) is 26.2 Å². The van der Waals surface area contributed by atoms with Gasteiger partial charge in [0.2, 0.25) is 5.91 Å². The number of allylic oxidation sites excluding steroid dienone is 1. The molecule has 16 heavy (non-hydrogen) atoms. The van der Waals surface area contributed by atoms with Crippen molar-refractivity contribution in [3.63, 3.8) is 0 Å². The Balaban J connectivity index is 2.21. The van der Waals surface area contributed by atoms with Crippen molar-refractivity contribution >= 4 is 5.91 Å². The lowest BCUT2D eigenvalue weighted by atomic mass is 9.82. The number of hydrogen-bond donors (Lipinski definition) is 2. The number of aliphatic hydroxyl groups is 1. The van der Waals surface area contributed by atoms with Crippen LogP contribution in [0.4, 0.5) is 0 Å². The minimum Gasteiger partial charge on any atom is -0.389 e. The van der Waals surface area contributed by atoms with E-state index < -0.39 is 5.60 Å². The van der Waals surface area contributed by atoms with Crippen molar-refractivity contribution < 1.29 is 9.90 Å². The summed E-state index contributed by atoms with van der Waals surface area (Å²) >= 11 is 0. The van der Waals surface area contributed by atoms with E-state index in [1.165, 1.54) is 6.42 Å². The van der Waals surface area contributed by atoms with Crippen LogP contribution in [0, 0.1) is 0 Å². The van der Waals surface area contributed by atoms with Crippen LogP contribution in [0.2, 0.25) is 0 Å². The third-order valence-electron chi connectivity index (χ3n) is 3.14. The summed E-state index contributed by atoms with van der Waals surface area (Å²) in [5, 5.41) is 13.0. The van der Waals surface area contributed by atoms with Crippen molar-refractivity contribution in [2.45, 2.75) is 57.5 Å². The Morgan fingerprint density at radius 3 is 2.69 bits per heavy atom. The molecular formula is C13H23NO2. The van der Waals surface area contributed by atoms with Gasteiger partial charge in [-0.15, -0.1) is 0 Å². The van der Waals surface area contributed by atoms with Crippen LogP contribution in [-0.4, -0.2) is 23.2 Å². The van der Waals surface area contributed by atoms with Crippen molar-refractivity contribution in [1.29, 1.82) is 0 Å². The fourth-order valence-electron chi connectivity index (χ4n) is 2.21. The molecule has 0 bridgehead atoms. The lowest BCUT2D eigenvalue weighted by molar-refractivity contribution is -0.127. The normalized spacial score (nSPS) is 19.9.